The van der Waals surface area contributed by atoms with E-state index in [0.29, 0.717) is 0 Å². The van der Waals surface area contributed by atoms with E-state index in [9.17, 15) is 0 Å². The Hall–Kier alpha value is 0.500. The summed E-state index contributed by atoms with van der Waals surface area (Å²) >= 11 is 0. The molecule has 48 valence electrons. The third-order valence-corrected chi connectivity index (χ3v) is 0.471. The molecule has 0 fully saturated rings. The van der Waals surface area contributed by atoms with Crippen LogP contribution >= 0.6 is 24.8 Å². The molecule has 7 heavy (non-hydrogen) atoms. The molecular weight excluding hydrogens is 135 g/mol. The Morgan fingerprint density at radius 1 is 1.29 bits per heavy atom. The minimum atomic E-state index is -0.116. The van der Waals surface area contributed by atoms with Crippen LogP contribution in [0.4, 0.5) is 0 Å². The zero-order chi connectivity index (χ0) is 4.28. The molecule has 0 saturated heterocycles. The molecule has 0 bridgehead atoms. The van der Waals surface area contributed by atoms with Gasteiger partial charge in [0, 0.05) is 0 Å². The van der Waals surface area contributed by atoms with Crippen molar-refractivity contribution in [2.75, 3.05) is 0 Å². The van der Waals surface area contributed by atoms with Crippen LogP contribution in [0.2, 0.25) is 0 Å². The summed E-state index contributed by atoms with van der Waals surface area (Å²) in [7, 11) is 0. The van der Waals surface area contributed by atoms with Crippen LogP contribution in [-0.4, -0.2) is 6.17 Å². The van der Waals surface area contributed by atoms with Crippen molar-refractivity contribution >= 4 is 24.8 Å². The molecule has 0 spiro atoms. The predicted molar refractivity (Wildman–Crippen MR) is 36.9 cm³/mol. The highest BCUT2D eigenvalue weighted by Gasteiger charge is 1.79. The molecule has 0 aromatic carbocycles. The molecule has 0 rings (SSSR count). The maximum absolute atomic E-state index is 5.07. The molecule has 4 heteroatoms. The van der Waals surface area contributed by atoms with Gasteiger partial charge in [-0.15, -0.1) is 24.8 Å². The van der Waals surface area contributed by atoms with Crippen molar-refractivity contribution in [1.82, 2.24) is 0 Å². The first kappa shape index (κ1) is 15.6. The van der Waals surface area contributed by atoms with Crippen molar-refractivity contribution < 1.29 is 0 Å². The van der Waals surface area contributed by atoms with E-state index in [2.05, 4.69) is 0 Å². The Morgan fingerprint density at radius 2 is 1.43 bits per heavy atom. The zero-order valence-electron chi connectivity index (χ0n) is 4.26. The molecule has 0 aromatic rings. The Bertz CT molecular complexity index is 24.9. The minimum Gasteiger partial charge on any atom is -0.316 e. The quantitative estimate of drug-likeness (QED) is 0.530. The third-order valence-electron chi connectivity index (χ3n) is 0.471. The molecule has 0 unspecified atom stereocenters. The molecule has 0 aliphatic carbocycles. The molecule has 0 aliphatic rings. The zero-order valence-corrected chi connectivity index (χ0v) is 5.89. The summed E-state index contributed by atoms with van der Waals surface area (Å²) in [5.41, 5.74) is 10.1. The number of halogens is 2. The second-order valence-electron chi connectivity index (χ2n) is 1.07. The molecule has 0 aromatic heterocycles. The third kappa shape index (κ3) is 21.1. The van der Waals surface area contributed by atoms with Crippen molar-refractivity contribution in [1.29, 1.82) is 0 Å². The van der Waals surface area contributed by atoms with Gasteiger partial charge in [-0.05, 0) is 6.42 Å². The summed E-state index contributed by atoms with van der Waals surface area (Å²) in [5, 5.41) is 0. The number of hydrogen-bond acceptors (Lipinski definition) is 2. The first-order valence-corrected chi connectivity index (χ1v) is 1.78. The summed E-state index contributed by atoms with van der Waals surface area (Å²) in [4.78, 5) is 0. The van der Waals surface area contributed by atoms with Crippen molar-refractivity contribution in [3.05, 3.63) is 0 Å². The topological polar surface area (TPSA) is 52.0 Å². The van der Waals surface area contributed by atoms with Gasteiger partial charge in [0.25, 0.3) is 0 Å². The van der Waals surface area contributed by atoms with Gasteiger partial charge in [-0.25, -0.2) is 0 Å². The number of hydrogen-bond donors (Lipinski definition) is 2. The fraction of sp³-hybridized carbons (Fsp3) is 1.00. The van der Waals surface area contributed by atoms with Gasteiger partial charge in [-0.3, -0.25) is 0 Å². The maximum Gasteiger partial charge on any atom is 0.0518 e. The van der Waals surface area contributed by atoms with Crippen molar-refractivity contribution in [3.8, 4) is 0 Å². The van der Waals surface area contributed by atoms with Crippen molar-refractivity contribution in [2.24, 2.45) is 11.5 Å². The van der Waals surface area contributed by atoms with Crippen LogP contribution in [-0.2, 0) is 0 Å². The van der Waals surface area contributed by atoms with Gasteiger partial charge in [-0.2, -0.15) is 0 Å². The minimum absolute atomic E-state index is 0. The largest absolute Gasteiger partial charge is 0.316 e. The normalized spacial score (nSPS) is 6.86. The van der Waals surface area contributed by atoms with E-state index in [-0.39, 0.29) is 31.0 Å². The molecule has 0 heterocycles. The van der Waals surface area contributed by atoms with E-state index in [1.54, 1.807) is 0 Å². The average molecular weight is 147 g/mol. The van der Waals surface area contributed by atoms with Crippen LogP contribution in [0.15, 0.2) is 0 Å². The fourth-order valence-electron chi connectivity index (χ4n) is 0. The highest BCUT2D eigenvalue weighted by Crippen LogP contribution is 1.68. The maximum atomic E-state index is 5.07. The summed E-state index contributed by atoms with van der Waals surface area (Å²) in [6.07, 6.45) is 0.745. The van der Waals surface area contributed by atoms with Gasteiger partial charge in [0.1, 0.15) is 0 Å². The predicted octanol–water partition coefficient (Wildman–Crippen LogP) is 0.484. The Morgan fingerprint density at radius 3 is 1.43 bits per heavy atom. The van der Waals surface area contributed by atoms with Gasteiger partial charge in [-0.1, -0.05) is 6.92 Å². The van der Waals surface area contributed by atoms with Crippen LogP contribution < -0.4 is 11.5 Å². The fourth-order valence-corrected chi connectivity index (χ4v) is 0. The number of nitrogens with two attached hydrogens (primary N) is 2. The summed E-state index contributed by atoms with van der Waals surface area (Å²) in [6.45, 7) is 1.95. The van der Waals surface area contributed by atoms with Gasteiger partial charge in [0.2, 0.25) is 0 Å². The Labute approximate surface area is 56.5 Å². The van der Waals surface area contributed by atoms with E-state index in [1.165, 1.54) is 0 Å². The molecule has 0 saturated carbocycles. The van der Waals surface area contributed by atoms with E-state index in [1.807, 2.05) is 6.92 Å². The monoisotopic (exact) mass is 146 g/mol. The molecule has 0 radical (unpaired) electrons. The Balaban J connectivity index is -0.0000000800. The van der Waals surface area contributed by atoms with Crippen LogP contribution in [0.3, 0.4) is 0 Å². The lowest BCUT2D eigenvalue weighted by Crippen LogP contribution is -2.28. The molecule has 0 aliphatic heterocycles. The molecule has 4 N–H and O–H groups in total. The second kappa shape index (κ2) is 9.71. The van der Waals surface area contributed by atoms with E-state index in [4.69, 9.17) is 11.5 Å². The van der Waals surface area contributed by atoms with Crippen molar-refractivity contribution in [2.45, 2.75) is 19.5 Å². The average Bonchev–Trinajstić information content (AvgIpc) is 1.38. The SMILES string of the molecule is CCC(N)N.Cl.Cl. The first-order chi connectivity index (χ1) is 2.27. The number of rotatable bonds is 1. The van der Waals surface area contributed by atoms with Crippen LogP contribution in [0.1, 0.15) is 13.3 Å². The summed E-state index contributed by atoms with van der Waals surface area (Å²) in [5.74, 6) is 0. The van der Waals surface area contributed by atoms with Crippen molar-refractivity contribution in [3.63, 3.8) is 0 Å². The first-order valence-electron chi connectivity index (χ1n) is 1.78. The molecular formula is C3H12Cl2N2. The standard InChI is InChI=1S/C3H10N2.2ClH/c1-2-3(4)5;;/h3H,2,4-5H2,1H3;2*1H. The lowest BCUT2D eigenvalue weighted by atomic mass is 10.4. The molecule has 0 atom stereocenters. The lowest BCUT2D eigenvalue weighted by molar-refractivity contribution is 0.682. The second-order valence-corrected chi connectivity index (χ2v) is 1.07. The smallest absolute Gasteiger partial charge is 0.0518 e. The van der Waals surface area contributed by atoms with Crippen LogP contribution in [0, 0.1) is 0 Å². The van der Waals surface area contributed by atoms with E-state index >= 15 is 0 Å². The van der Waals surface area contributed by atoms with Crippen LogP contribution in [0.5, 0.6) is 0 Å². The highest BCUT2D eigenvalue weighted by molar-refractivity contribution is 5.85. The van der Waals surface area contributed by atoms with Gasteiger partial charge in [0.15, 0.2) is 0 Å². The summed E-state index contributed by atoms with van der Waals surface area (Å²) in [6, 6.07) is 0. The molecule has 2 nitrogen and oxygen atoms in total. The Kier molecular flexibility index (Phi) is 21.7. The van der Waals surface area contributed by atoms with Gasteiger partial charge < -0.3 is 11.5 Å². The van der Waals surface area contributed by atoms with E-state index < -0.39 is 0 Å². The molecule has 0 amide bonds. The van der Waals surface area contributed by atoms with E-state index in [0.717, 1.165) is 6.42 Å². The van der Waals surface area contributed by atoms with Gasteiger partial charge >= 0.3 is 0 Å². The summed E-state index contributed by atoms with van der Waals surface area (Å²) < 4.78 is 0. The lowest BCUT2D eigenvalue weighted by Gasteiger charge is -1.92. The van der Waals surface area contributed by atoms with Gasteiger partial charge in [0.05, 0.1) is 6.17 Å². The highest BCUT2D eigenvalue weighted by atomic mass is 35.5. The van der Waals surface area contributed by atoms with Crippen LogP contribution in [0.25, 0.3) is 0 Å².